The number of anilines is 1. The van der Waals surface area contributed by atoms with Crippen LogP contribution >= 0.6 is 0 Å². The van der Waals surface area contributed by atoms with Crippen molar-refractivity contribution in [3.63, 3.8) is 0 Å². The fraction of sp³-hybridized carbons (Fsp3) is 0.190. The molecule has 0 spiro atoms. The van der Waals surface area contributed by atoms with Crippen molar-refractivity contribution in [2.24, 2.45) is 0 Å². The highest BCUT2D eigenvalue weighted by molar-refractivity contribution is 7.92. The first-order valence-corrected chi connectivity index (χ1v) is 10.8. The molecule has 2 aromatic carbocycles. The van der Waals surface area contributed by atoms with Crippen LogP contribution in [0.1, 0.15) is 12.5 Å². The number of rotatable bonds is 8. The Bertz CT molecular complexity index is 1200. The SMILES string of the molecule is CCOC(=O)CN(c1ccccc1-n1ccc([N+](=O)[O-])c1)S(=O)(=O)c1ccc(C)cc1. The molecule has 0 atom stereocenters. The summed E-state index contributed by atoms with van der Waals surface area (Å²) in [5.41, 5.74) is 1.28. The van der Waals surface area contributed by atoms with E-state index >= 15 is 0 Å². The lowest BCUT2D eigenvalue weighted by atomic mass is 10.2. The van der Waals surface area contributed by atoms with Gasteiger partial charge in [0.1, 0.15) is 6.54 Å². The first-order valence-electron chi connectivity index (χ1n) is 9.41. The molecule has 3 rings (SSSR count). The van der Waals surface area contributed by atoms with E-state index in [1.54, 1.807) is 37.3 Å². The second kappa shape index (κ2) is 9.00. The number of hydrogen-bond donors (Lipinski definition) is 0. The van der Waals surface area contributed by atoms with Gasteiger partial charge in [-0.1, -0.05) is 29.8 Å². The molecule has 0 saturated heterocycles. The van der Waals surface area contributed by atoms with E-state index in [4.69, 9.17) is 4.74 Å². The summed E-state index contributed by atoms with van der Waals surface area (Å²) in [6.45, 7) is 3.01. The predicted octanol–water partition coefficient (Wildman–Crippen LogP) is 3.45. The molecule has 1 heterocycles. The highest BCUT2D eigenvalue weighted by Gasteiger charge is 2.30. The molecule has 162 valence electrons. The lowest BCUT2D eigenvalue weighted by Gasteiger charge is -2.26. The highest BCUT2D eigenvalue weighted by Crippen LogP contribution is 2.31. The summed E-state index contributed by atoms with van der Waals surface area (Å²) in [5.74, 6) is -0.716. The number of ether oxygens (including phenoxy) is 1. The molecular formula is C21H21N3O6S. The summed E-state index contributed by atoms with van der Waals surface area (Å²) < 4.78 is 34.3. The maximum atomic E-state index is 13.5. The first kappa shape index (κ1) is 22.0. The molecule has 0 N–H and O–H groups in total. The molecular weight excluding hydrogens is 422 g/mol. The van der Waals surface area contributed by atoms with Gasteiger partial charge < -0.3 is 9.30 Å². The minimum absolute atomic E-state index is 0.00990. The number of carbonyl (C=O) groups is 1. The van der Waals surface area contributed by atoms with Gasteiger partial charge in [0, 0.05) is 12.3 Å². The van der Waals surface area contributed by atoms with Crippen molar-refractivity contribution in [3.05, 3.63) is 82.7 Å². The highest BCUT2D eigenvalue weighted by atomic mass is 32.2. The van der Waals surface area contributed by atoms with Gasteiger partial charge in [0.25, 0.3) is 15.7 Å². The lowest BCUT2D eigenvalue weighted by Crippen LogP contribution is -2.37. The molecule has 0 bridgehead atoms. The molecule has 0 unspecified atom stereocenters. The van der Waals surface area contributed by atoms with Gasteiger partial charge in [-0.25, -0.2) is 8.42 Å². The van der Waals surface area contributed by atoms with Crippen LogP contribution in [-0.2, 0) is 19.6 Å². The fourth-order valence-corrected chi connectivity index (χ4v) is 4.42. The topological polar surface area (TPSA) is 112 Å². The monoisotopic (exact) mass is 443 g/mol. The first-order chi connectivity index (χ1) is 14.7. The van der Waals surface area contributed by atoms with Crippen molar-refractivity contribution in [1.82, 2.24) is 4.57 Å². The maximum Gasteiger partial charge on any atom is 0.326 e. The number of aryl methyl sites for hydroxylation is 1. The van der Waals surface area contributed by atoms with Gasteiger partial charge in [0.15, 0.2) is 0 Å². The Morgan fingerprint density at radius 1 is 1.13 bits per heavy atom. The number of hydrogen-bond acceptors (Lipinski definition) is 6. The van der Waals surface area contributed by atoms with Gasteiger partial charge >= 0.3 is 5.97 Å². The number of para-hydroxylation sites is 2. The van der Waals surface area contributed by atoms with Crippen LogP contribution in [0.5, 0.6) is 0 Å². The molecule has 0 amide bonds. The minimum Gasteiger partial charge on any atom is -0.465 e. The van der Waals surface area contributed by atoms with E-state index in [0.717, 1.165) is 9.87 Å². The van der Waals surface area contributed by atoms with E-state index in [1.807, 2.05) is 6.92 Å². The Kier molecular flexibility index (Phi) is 6.40. The van der Waals surface area contributed by atoms with Gasteiger partial charge in [-0.2, -0.15) is 0 Å². The summed E-state index contributed by atoms with van der Waals surface area (Å²) in [6.07, 6.45) is 2.73. The van der Waals surface area contributed by atoms with Crippen LogP contribution < -0.4 is 4.31 Å². The summed E-state index contributed by atoms with van der Waals surface area (Å²) in [5, 5.41) is 11.1. The number of benzene rings is 2. The Hall–Kier alpha value is -3.66. The molecule has 0 aliphatic rings. The van der Waals surface area contributed by atoms with Crippen molar-refractivity contribution in [2.45, 2.75) is 18.7 Å². The standard InChI is InChI=1S/C21H21N3O6S/c1-3-30-21(25)15-23(31(28,29)18-10-8-16(2)9-11-18)20-7-5-4-6-19(20)22-13-12-17(14-22)24(26)27/h4-14H,3,15H2,1-2H3. The fourth-order valence-electron chi connectivity index (χ4n) is 3.00. The van der Waals surface area contributed by atoms with Crippen molar-refractivity contribution in [3.8, 4) is 5.69 Å². The molecule has 9 nitrogen and oxygen atoms in total. The summed E-state index contributed by atoms with van der Waals surface area (Å²) in [7, 11) is -4.14. The van der Waals surface area contributed by atoms with Crippen LogP contribution in [0.3, 0.4) is 0 Å². The van der Waals surface area contributed by atoms with E-state index < -0.39 is 27.5 Å². The number of aromatic nitrogens is 1. The van der Waals surface area contributed by atoms with Crippen LogP contribution in [0.4, 0.5) is 11.4 Å². The Morgan fingerprint density at radius 2 is 1.81 bits per heavy atom. The van der Waals surface area contributed by atoms with Crippen molar-refractivity contribution < 1.29 is 22.9 Å². The number of esters is 1. The minimum atomic E-state index is -4.14. The van der Waals surface area contributed by atoms with Gasteiger partial charge in [-0.05, 0) is 38.1 Å². The van der Waals surface area contributed by atoms with Crippen LogP contribution in [-0.4, -0.2) is 37.0 Å². The van der Waals surface area contributed by atoms with E-state index in [2.05, 4.69) is 0 Å². The molecule has 10 heteroatoms. The third-order valence-corrected chi connectivity index (χ3v) is 6.28. The zero-order valence-corrected chi connectivity index (χ0v) is 17.8. The smallest absolute Gasteiger partial charge is 0.326 e. The van der Waals surface area contributed by atoms with Crippen molar-refractivity contribution in [2.75, 3.05) is 17.5 Å². The van der Waals surface area contributed by atoms with Crippen molar-refractivity contribution in [1.29, 1.82) is 0 Å². The average molecular weight is 443 g/mol. The molecule has 0 aliphatic carbocycles. The van der Waals surface area contributed by atoms with Crippen LogP contribution in [0.25, 0.3) is 5.69 Å². The molecule has 1 aromatic heterocycles. The lowest BCUT2D eigenvalue weighted by molar-refractivity contribution is -0.384. The summed E-state index contributed by atoms with van der Waals surface area (Å²) >= 11 is 0. The Labute approximate surface area is 179 Å². The normalized spacial score (nSPS) is 11.2. The molecule has 31 heavy (non-hydrogen) atoms. The third-order valence-electron chi connectivity index (χ3n) is 4.50. The van der Waals surface area contributed by atoms with Crippen LogP contribution in [0.15, 0.2) is 71.9 Å². The Morgan fingerprint density at radius 3 is 2.42 bits per heavy atom. The molecule has 3 aromatic rings. The van der Waals surface area contributed by atoms with Gasteiger partial charge in [-0.3, -0.25) is 19.2 Å². The molecule has 0 fully saturated rings. The van der Waals surface area contributed by atoms with E-state index in [0.29, 0.717) is 5.69 Å². The quantitative estimate of drug-likeness (QED) is 0.299. The van der Waals surface area contributed by atoms with E-state index in [9.17, 15) is 23.3 Å². The summed E-state index contributed by atoms with van der Waals surface area (Å²) in [6, 6.07) is 14.0. The third kappa shape index (κ3) is 4.75. The zero-order valence-electron chi connectivity index (χ0n) is 17.0. The number of carbonyl (C=O) groups excluding carboxylic acids is 1. The van der Waals surface area contributed by atoms with E-state index in [-0.39, 0.29) is 22.9 Å². The number of sulfonamides is 1. The average Bonchev–Trinajstić information content (AvgIpc) is 3.23. The van der Waals surface area contributed by atoms with Crippen LogP contribution in [0, 0.1) is 17.0 Å². The largest absolute Gasteiger partial charge is 0.465 e. The molecule has 0 aliphatic heterocycles. The molecule has 0 saturated carbocycles. The zero-order chi connectivity index (χ0) is 22.6. The number of nitro groups is 1. The molecule has 0 radical (unpaired) electrons. The van der Waals surface area contributed by atoms with Gasteiger partial charge in [0.05, 0.1) is 34.0 Å². The maximum absolute atomic E-state index is 13.5. The van der Waals surface area contributed by atoms with Crippen molar-refractivity contribution >= 4 is 27.4 Å². The van der Waals surface area contributed by atoms with E-state index in [1.165, 1.54) is 41.2 Å². The summed E-state index contributed by atoms with van der Waals surface area (Å²) in [4.78, 5) is 22.8. The second-order valence-corrected chi connectivity index (χ2v) is 8.51. The second-order valence-electron chi connectivity index (χ2n) is 6.65. The van der Waals surface area contributed by atoms with Gasteiger partial charge in [0.2, 0.25) is 0 Å². The number of nitrogens with zero attached hydrogens (tertiary/aromatic N) is 3. The Balaban J connectivity index is 2.15. The predicted molar refractivity (Wildman–Crippen MR) is 115 cm³/mol. The van der Waals surface area contributed by atoms with Gasteiger partial charge in [-0.15, -0.1) is 0 Å². The van der Waals surface area contributed by atoms with Crippen LogP contribution in [0.2, 0.25) is 0 Å².